The van der Waals surface area contributed by atoms with E-state index in [0.29, 0.717) is 39.3 Å². The number of imide groups is 1. The van der Waals surface area contributed by atoms with E-state index >= 15 is 0 Å². The van der Waals surface area contributed by atoms with Crippen LogP contribution in [-0.2, 0) is 16.6 Å². The average Bonchev–Trinajstić information content (AvgIpc) is 3.56. The molecule has 10 nitrogen and oxygen atoms in total. The van der Waals surface area contributed by atoms with Gasteiger partial charge in [0.25, 0.3) is 11.8 Å². The molecular formula is C39H35ClN6O4S2. The van der Waals surface area contributed by atoms with Crippen molar-refractivity contribution in [2.24, 2.45) is 10.2 Å². The number of amides is 2. The van der Waals surface area contributed by atoms with E-state index < -0.39 is 21.8 Å². The molecule has 0 aliphatic carbocycles. The van der Waals surface area contributed by atoms with Gasteiger partial charge in [0.15, 0.2) is 0 Å². The van der Waals surface area contributed by atoms with Gasteiger partial charge in [0.05, 0.1) is 17.1 Å². The number of nitrogens with one attached hydrogen (secondary N) is 1. The van der Waals surface area contributed by atoms with Crippen LogP contribution in [0.2, 0.25) is 0 Å². The van der Waals surface area contributed by atoms with Gasteiger partial charge in [-0.1, -0.05) is 53.8 Å². The summed E-state index contributed by atoms with van der Waals surface area (Å²) in [6.07, 6.45) is 1.82. The predicted molar refractivity (Wildman–Crippen MR) is 201 cm³/mol. The Bertz CT molecular complexity index is 2410. The zero-order valence-electron chi connectivity index (χ0n) is 28.7. The highest BCUT2D eigenvalue weighted by Crippen LogP contribution is 2.38. The van der Waals surface area contributed by atoms with E-state index in [2.05, 4.69) is 39.8 Å². The number of hydrogen-bond acceptors (Lipinski definition) is 8. The predicted octanol–water partition coefficient (Wildman–Crippen LogP) is 5.41. The van der Waals surface area contributed by atoms with Gasteiger partial charge < -0.3 is 17.3 Å². The normalized spacial score (nSPS) is 12.7. The molecule has 6 aromatic rings. The van der Waals surface area contributed by atoms with Crippen LogP contribution in [0.15, 0.2) is 130 Å². The lowest BCUT2D eigenvalue weighted by Gasteiger charge is -2.27. The first kappa shape index (κ1) is 36.4. The van der Waals surface area contributed by atoms with Gasteiger partial charge in [-0.15, -0.1) is 5.11 Å². The number of aryl methyl sites for hydroxylation is 1. The third kappa shape index (κ3) is 6.92. The molecule has 0 saturated carbocycles. The average molecular weight is 751 g/mol. The fourth-order valence-corrected chi connectivity index (χ4v) is 8.37. The van der Waals surface area contributed by atoms with E-state index in [4.69, 9.17) is 0 Å². The second kappa shape index (κ2) is 15.0. The number of benzene rings is 5. The molecule has 0 saturated heterocycles. The minimum Gasteiger partial charge on any atom is -1.00 e. The van der Waals surface area contributed by atoms with Crippen molar-refractivity contribution >= 4 is 71.8 Å². The molecule has 2 heterocycles. The lowest BCUT2D eigenvalue weighted by atomic mass is 9.93. The highest BCUT2D eigenvalue weighted by Gasteiger charge is 2.35. The molecule has 13 heteroatoms. The molecule has 7 rings (SSSR count). The summed E-state index contributed by atoms with van der Waals surface area (Å²) in [5, 5.41) is 12.5. The summed E-state index contributed by atoms with van der Waals surface area (Å²) in [6, 6.07) is 30.2. The van der Waals surface area contributed by atoms with Crippen LogP contribution in [0.25, 0.3) is 10.8 Å². The lowest BCUT2D eigenvalue weighted by Crippen LogP contribution is -3.00. The Hall–Kier alpha value is -5.43. The van der Waals surface area contributed by atoms with Crippen molar-refractivity contribution in [2.45, 2.75) is 32.2 Å². The second-order valence-corrected chi connectivity index (χ2v) is 14.6. The maximum Gasteiger partial charge on any atom is 0.349 e. The fourth-order valence-electron chi connectivity index (χ4n) is 6.29. The zero-order valence-corrected chi connectivity index (χ0v) is 31.0. The van der Waals surface area contributed by atoms with Crippen molar-refractivity contribution in [1.29, 1.82) is 0 Å². The third-order valence-corrected chi connectivity index (χ3v) is 11.3. The first-order valence-corrected chi connectivity index (χ1v) is 18.9. The van der Waals surface area contributed by atoms with Crippen molar-refractivity contribution in [3.05, 3.63) is 137 Å². The van der Waals surface area contributed by atoms with E-state index in [-0.39, 0.29) is 23.0 Å². The Balaban J connectivity index is 0.00000464. The molecule has 0 bridgehead atoms. The Morgan fingerprint density at radius 2 is 1.48 bits per heavy atom. The second-order valence-electron chi connectivity index (χ2n) is 12.1. The van der Waals surface area contributed by atoms with Crippen LogP contribution < -0.4 is 31.5 Å². The lowest BCUT2D eigenvalue weighted by molar-refractivity contribution is -0.669. The Morgan fingerprint density at radius 3 is 2.17 bits per heavy atom. The maximum atomic E-state index is 13.9. The molecule has 0 spiro atoms. The van der Waals surface area contributed by atoms with Crippen molar-refractivity contribution in [3.63, 3.8) is 0 Å². The minimum atomic E-state index is -3.97. The Kier molecular flexibility index (Phi) is 10.5. The molecule has 2 amide bonds. The number of halogens is 1. The first-order chi connectivity index (χ1) is 24.7. The van der Waals surface area contributed by atoms with Crippen molar-refractivity contribution in [1.82, 2.24) is 0 Å². The summed E-state index contributed by atoms with van der Waals surface area (Å²) in [5.74, 6) is -1.02. The number of azo groups is 1. The molecule has 1 aliphatic rings. The summed E-state index contributed by atoms with van der Waals surface area (Å²) in [4.78, 5) is 31.1. The molecular weight excluding hydrogens is 716 g/mol. The van der Waals surface area contributed by atoms with Gasteiger partial charge in [-0.25, -0.2) is 9.47 Å². The quantitative estimate of drug-likeness (QED) is 0.108. The molecule has 0 unspecified atom stereocenters. The highest BCUT2D eigenvalue weighted by atomic mass is 35.5. The molecule has 0 atom stereocenters. The van der Waals surface area contributed by atoms with Crippen LogP contribution >= 0.6 is 11.3 Å². The van der Waals surface area contributed by atoms with Crippen LogP contribution in [0.1, 0.15) is 45.7 Å². The zero-order chi connectivity index (χ0) is 35.7. The summed E-state index contributed by atoms with van der Waals surface area (Å²) < 4.78 is 31.3. The SMILES string of the molecule is CCN(CC)c1ccc(N=Nc2ccc3c4c(cccc24)C(=O)N(c2ccc(S(=O)(=O)Nc4scc[n+]4Cc4ccccc4)cc2)C3=O)c(C)c1.[Cl-]. The number of carbonyl (C=O) groups excluding carboxylic acids is 2. The molecule has 264 valence electrons. The van der Waals surface area contributed by atoms with Crippen LogP contribution in [0.4, 0.5) is 27.9 Å². The molecule has 1 aromatic heterocycles. The fraction of sp³-hybridized carbons (Fsp3) is 0.154. The summed E-state index contributed by atoms with van der Waals surface area (Å²) >= 11 is 1.27. The molecule has 0 radical (unpaired) electrons. The maximum absolute atomic E-state index is 13.9. The van der Waals surface area contributed by atoms with Gasteiger partial charge >= 0.3 is 15.2 Å². The first-order valence-electron chi connectivity index (χ1n) is 16.5. The van der Waals surface area contributed by atoms with E-state index in [9.17, 15) is 18.0 Å². The minimum absolute atomic E-state index is 0. The molecule has 0 fully saturated rings. The van der Waals surface area contributed by atoms with Crippen LogP contribution in [-0.4, -0.2) is 33.3 Å². The van der Waals surface area contributed by atoms with Gasteiger partial charge in [0.1, 0.15) is 17.6 Å². The van der Waals surface area contributed by atoms with Crippen LogP contribution in [0.5, 0.6) is 0 Å². The largest absolute Gasteiger partial charge is 1.00 e. The third-order valence-electron chi connectivity index (χ3n) is 8.96. The Morgan fingerprint density at radius 1 is 0.808 bits per heavy atom. The summed E-state index contributed by atoms with van der Waals surface area (Å²) in [7, 11) is -3.97. The number of thiazole rings is 1. The van der Waals surface area contributed by atoms with Gasteiger partial charge in [0, 0.05) is 46.1 Å². The number of rotatable bonds is 11. The van der Waals surface area contributed by atoms with Crippen LogP contribution in [0, 0.1) is 6.92 Å². The van der Waals surface area contributed by atoms with Crippen molar-refractivity contribution < 1.29 is 35.0 Å². The van der Waals surface area contributed by atoms with Gasteiger partial charge in [-0.2, -0.15) is 18.3 Å². The highest BCUT2D eigenvalue weighted by molar-refractivity contribution is 7.93. The van der Waals surface area contributed by atoms with Crippen molar-refractivity contribution in [3.8, 4) is 0 Å². The van der Waals surface area contributed by atoms with Gasteiger partial charge in [0.2, 0.25) is 0 Å². The molecule has 52 heavy (non-hydrogen) atoms. The number of sulfonamides is 1. The number of hydrogen-bond donors (Lipinski definition) is 1. The summed E-state index contributed by atoms with van der Waals surface area (Å²) in [6.45, 7) is 8.55. The van der Waals surface area contributed by atoms with Crippen LogP contribution in [0.3, 0.4) is 0 Å². The Labute approximate surface area is 312 Å². The summed E-state index contributed by atoms with van der Waals surface area (Å²) in [5.41, 5.74) is 5.36. The smallest absolute Gasteiger partial charge is 0.349 e. The number of nitrogens with zero attached hydrogens (tertiary/aromatic N) is 5. The van der Waals surface area contributed by atoms with E-state index in [1.54, 1.807) is 24.3 Å². The molecule has 5 aromatic carbocycles. The number of carbonyl (C=O) groups is 2. The topological polar surface area (TPSA) is 115 Å². The van der Waals surface area contributed by atoms with Crippen molar-refractivity contribution in [2.75, 3.05) is 27.6 Å². The number of anilines is 3. The molecule has 1 N–H and O–H groups in total. The number of aromatic nitrogens is 1. The van der Waals surface area contributed by atoms with Gasteiger partial charge in [-0.3, -0.25) is 9.59 Å². The van der Waals surface area contributed by atoms with E-state index in [1.807, 2.05) is 71.6 Å². The van der Waals surface area contributed by atoms with E-state index in [1.165, 1.54) is 35.6 Å². The standard InChI is InChI=1S/C39H34N6O4S2.ClH/c1-4-43(5-2)29-16-20-34(26(3)24-29)40-41-35-21-19-33-36-31(35)12-9-13-32(36)37(46)45(38(33)47)28-14-17-30(18-15-28)51(48,49)42-39-44(22-23-50-39)25-27-10-7-6-8-11-27;/h6-24H,4-5,25H2,1-3H3;1H. The van der Waals surface area contributed by atoms with Gasteiger partial charge in [-0.05, 0) is 92.6 Å². The monoisotopic (exact) mass is 750 g/mol. The van der Waals surface area contributed by atoms with E-state index in [0.717, 1.165) is 40.5 Å². The molecule has 1 aliphatic heterocycles.